The van der Waals surface area contributed by atoms with Crippen LogP contribution in [0.1, 0.15) is 23.6 Å². The van der Waals surface area contributed by atoms with E-state index in [1.54, 1.807) is 5.56 Å². The fourth-order valence-electron chi connectivity index (χ4n) is 1.75. The first-order valence-corrected chi connectivity index (χ1v) is 4.71. The van der Waals surface area contributed by atoms with E-state index in [4.69, 9.17) is 0 Å². The highest BCUT2D eigenvalue weighted by Gasteiger charge is 2.07. The van der Waals surface area contributed by atoms with Crippen molar-refractivity contribution in [1.29, 1.82) is 0 Å². The molecule has 0 amide bonds. The third kappa shape index (κ3) is 1.37. The van der Waals surface area contributed by atoms with E-state index < -0.39 is 0 Å². The van der Waals surface area contributed by atoms with Crippen molar-refractivity contribution in [3.63, 3.8) is 0 Å². The molecule has 1 heteroatoms. The number of rotatable bonds is 1. The molecule has 0 aromatic heterocycles. The summed E-state index contributed by atoms with van der Waals surface area (Å²) in [5.41, 5.74) is 4.50. The van der Waals surface area contributed by atoms with E-state index in [1.807, 2.05) is 0 Å². The van der Waals surface area contributed by atoms with Gasteiger partial charge in [0.2, 0.25) is 0 Å². The fourth-order valence-corrected chi connectivity index (χ4v) is 1.75. The predicted molar refractivity (Wildman–Crippen MR) is 51.2 cm³/mol. The Balaban J connectivity index is 2.36. The highest BCUT2D eigenvalue weighted by Crippen LogP contribution is 2.15. The molecule has 2 rings (SSSR count). The largest absolute Gasteiger partial charge is 0.312 e. The van der Waals surface area contributed by atoms with Gasteiger partial charge in [0.1, 0.15) is 0 Å². The van der Waals surface area contributed by atoms with Gasteiger partial charge in [0.25, 0.3) is 0 Å². The quantitative estimate of drug-likeness (QED) is 0.663. The van der Waals surface area contributed by atoms with Crippen LogP contribution in [0.3, 0.4) is 0 Å². The molecule has 1 heterocycles. The van der Waals surface area contributed by atoms with Crippen LogP contribution in [-0.2, 0) is 19.4 Å². The SMILES string of the molecule is CCc1ccc2c(c1)CCNC2. The number of nitrogens with one attached hydrogen (secondary N) is 1. The molecule has 0 saturated heterocycles. The lowest BCUT2D eigenvalue weighted by Crippen LogP contribution is -2.23. The Bertz CT molecular complexity index is 278. The molecule has 1 aliphatic rings. The minimum Gasteiger partial charge on any atom is -0.312 e. The lowest BCUT2D eigenvalue weighted by molar-refractivity contribution is 0.643. The Hall–Kier alpha value is -0.820. The predicted octanol–water partition coefficient (Wildman–Crippen LogP) is 1.89. The van der Waals surface area contributed by atoms with Crippen LogP contribution in [0, 0.1) is 0 Å². The minimum absolute atomic E-state index is 1.05. The van der Waals surface area contributed by atoms with Gasteiger partial charge in [-0.1, -0.05) is 25.1 Å². The maximum Gasteiger partial charge on any atom is 0.0208 e. The molecule has 0 atom stereocenters. The van der Waals surface area contributed by atoms with Crippen LogP contribution in [0.4, 0.5) is 0 Å². The van der Waals surface area contributed by atoms with Gasteiger partial charge in [0.05, 0.1) is 0 Å². The molecular formula is C11H15N. The molecule has 0 spiro atoms. The Morgan fingerprint density at radius 2 is 2.25 bits per heavy atom. The standard InChI is InChI=1S/C11H15N/c1-2-9-3-4-11-8-12-6-5-10(11)7-9/h3-4,7,12H,2,5-6,8H2,1H3. The monoisotopic (exact) mass is 161 g/mol. The Morgan fingerprint density at radius 1 is 1.33 bits per heavy atom. The van der Waals surface area contributed by atoms with Crippen LogP contribution in [0.2, 0.25) is 0 Å². The lowest BCUT2D eigenvalue weighted by Gasteiger charge is -2.17. The topological polar surface area (TPSA) is 12.0 Å². The Kier molecular flexibility index (Phi) is 2.13. The third-order valence-corrected chi connectivity index (χ3v) is 2.57. The number of benzene rings is 1. The van der Waals surface area contributed by atoms with Gasteiger partial charge >= 0.3 is 0 Å². The van der Waals surface area contributed by atoms with Crippen molar-refractivity contribution in [2.75, 3.05) is 6.54 Å². The first kappa shape index (κ1) is 7.81. The zero-order chi connectivity index (χ0) is 8.39. The summed E-state index contributed by atoms with van der Waals surface area (Å²) in [5.74, 6) is 0. The van der Waals surface area contributed by atoms with Crippen molar-refractivity contribution in [3.8, 4) is 0 Å². The second-order valence-corrected chi connectivity index (χ2v) is 3.38. The molecule has 0 aliphatic carbocycles. The van der Waals surface area contributed by atoms with E-state index in [2.05, 4.69) is 30.4 Å². The van der Waals surface area contributed by atoms with E-state index in [0.717, 1.165) is 19.5 Å². The van der Waals surface area contributed by atoms with Gasteiger partial charge in [-0.3, -0.25) is 0 Å². The molecule has 1 aliphatic heterocycles. The van der Waals surface area contributed by atoms with Gasteiger partial charge in [-0.25, -0.2) is 0 Å². The van der Waals surface area contributed by atoms with Gasteiger partial charge in [0.15, 0.2) is 0 Å². The van der Waals surface area contributed by atoms with Crippen molar-refractivity contribution in [2.45, 2.75) is 26.3 Å². The fraction of sp³-hybridized carbons (Fsp3) is 0.455. The van der Waals surface area contributed by atoms with E-state index in [1.165, 1.54) is 17.5 Å². The molecule has 0 unspecified atom stereocenters. The van der Waals surface area contributed by atoms with Gasteiger partial charge in [-0.05, 0) is 36.1 Å². The normalized spacial score (nSPS) is 15.8. The maximum atomic E-state index is 3.38. The number of fused-ring (bicyclic) bond motifs is 1. The average molecular weight is 161 g/mol. The molecule has 1 aromatic carbocycles. The first-order chi connectivity index (χ1) is 5.90. The van der Waals surface area contributed by atoms with Crippen molar-refractivity contribution in [1.82, 2.24) is 5.32 Å². The zero-order valence-electron chi connectivity index (χ0n) is 7.56. The highest BCUT2D eigenvalue weighted by atomic mass is 14.9. The van der Waals surface area contributed by atoms with Crippen LogP contribution in [0.5, 0.6) is 0 Å². The van der Waals surface area contributed by atoms with E-state index >= 15 is 0 Å². The molecule has 12 heavy (non-hydrogen) atoms. The van der Waals surface area contributed by atoms with Crippen molar-refractivity contribution in [2.24, 2.45) is 0 Å². The second-order valence-electron chi connectivity index (χ2n) is 3.38. The molecule has 64 valence electrons. The summed E-state index contributed by atoms with van der Waals surface area (Å²) < 4.78 is 0. The van der Waals surface area contributed by atoms with Crippen molar-refractivity contribution >= 4 is 0 Å². The van der Waals surface area contributed by atoms with Gasteiger partial charge in [0, 0.05) is 6.54 Å². The van der Waals surface area contributed by atoms with E-state index in [0.29, 0.717) is 0 Å². The average Bonchev–Trinajstić information content (AvgIpc) is 2.17. The lowest BCUT2D eigenvalue weighted by atomic mass is 9.98. The molecule has 0 radical (unpaired) electrons. The first-order valence-electron chi connectivity index (χ1n) is 4.71. The summed E-state index contributed by atoms with van der Waals surface area (Å²) >= 11 is 0. The number of aryl methyl sites for hydroxylation is 1. The van der Waals surface area contributed by atoms with Crippen molar-refractivity contribution in [3.05, 3.63) is 34.9 Å². The van der Waals surface area contributed by atoms with Gasteiger partial charge < -0.3 is 5.32 Å². The minimum atomic E-state index is 1.05. The maximum absolute atomic E-state index is 3.38. The van der Waals surface area contributed by atoms with Gasteiger partial charge in [-0.15, -0.1) is 0 Å². The van der Waals surface area contributed by atoms with Crippen LogP contribution >= 0.6 is 0 Å². The van der Waals surface area contributed by atoms with Crippen LogP contribution in [0.15, 0.2) is 18.2 Å². The summed E-state index contributed by atoms with van der Waals surface area (Å²) in [7, 11) is 0. The summed E-state index contributed by atoms with van der Waals surface area (Å²) in [4.78, 5) is 0. The molecular weight excluding hydrogens is 146 g/mol. The molecule has 1 N–H and O–H groups in total. The van der Waals surface area contributed by atoms with Crippen molar-refractivity contribution < 1.29 is 0 Å². The summed E-state index contributed by atoms with van der Waals surface area (Å²) in [6.07, 6.45) is 2.35. The van der Waals surface area contributed by atoms with E-state index in [-0.39, 0.29) is 0 Å². The summed E-state index contributed by atoms with van der Waals surface area (Å²) in [6, 6.07) is 6.86. The Morgan fingerprint density at radius 3 is 3.08 bits per heavy atom. The highest BCUT2D eigenvalue weighted by molar-refractivity contribution is 5.33. The third-order valence-electron chi connectivity index (χ3n) is 2.57. The summed E-state index contributed by atoms with van der Waals surface area (Å²) in [6.45, 7) is 4.41. The zero-order valence-corrected chi connectivity index (χ0v) is 7.56. The second kappa shape index (κ2) is 3.28. The van der Waals surface area contributed by atoms with Crippen LogP contribution in [0.25, 0.3) is 0 Å². The van der Waals surface area contributed by atoms with Crippen LogP contribution in [-0.4, -0.2) is 6.54 Å². The number of hydrogen-bond donors (Lipinski definition) is 1. The molecule has 1 nitrogen and oxygen atoms in total. The van der Waals surface area contributed by atoms with Crippen LogP contribution < -0.4 is 5.32 Å². The summed E-state index contributed by atoms with van der Waals surface area (Å²) in [5, 5.41) is 3.38. The molecule has 0 bridgehead atoms. The molecule has 0 saturated carbocycles. The number of hydrogen-bond acceptors (Lipinski definition) is 1. The molecule has 1 aromatic rings. The van der Waals surface area contributed by atoms with Gasteiger partial charge in [-0.2, -0.15) is 0 Å². The molecule has 0 fully saturated rings. The Labute approximate surface area is 73.8 Å². The smallest absolute Gasteiger partial charge is 0.0208 e. The van der Waals surface area contributed by atoms with E-state index in [9.17, 15) is 0 Å².